The highest BCUT2D eigenvalue weighted by molar-refractivity contribution is 5.93. The van der Waals surface area contributed by atoms with Gasteiger partial charge >= 0.3 is 0 Å². The van der Waals surface area contributed by atoms with Crippen LogP contribution in [-0.4, -0.2) is 59.8 Å². The molecule has 1 fully saturated rings. The van der Waals surface area contributed by atoms with Crippen LogP contribution in [0.15, 0.2) is 30.6 Å². The van der Waals surface area contributed by atoms with Crippen molar-refractivity contribution in [1.29, 1.82) is 0 Å². The van der Waals surface area contributed by atoms with Crippen molar-refractivity contribution in [2.75, 3.05) is 37.9 Å². The van der Waals surface area contributed by atoms with Crippen LogP contribution in [0.2, 0.25) is 0 Å². The number of ether oxygens (including phenoxy) is 2. The fraction of sp³-hybridized carbons (Fsp3) is 0.450. The Kier molecular flexibility index (Phi) is 5.29. The van der Waals surface area contributed by atoms with Crippen molar-refractivity contribution in [3.8, 4) is 11.5 Å². The highest BCUT2D eigenvalue weighted by atomic mass is 16.7. The molecular formula is C20H25N5O3. The van der Waals surface area contributed by atoms with Gasteiger partial charge in [0, 0.05) is 44.8 Å². The molecule has 0 unspecified atom stereocenters. The van der Waals surface area contributed by atoms with E-state index >= 15 is 0 Å². The minimum Gasteiger partial charge on any atom is -0.454 e. The number of hydrogen-bond acceptors (Lipinski definition) is 7. The monoisotopic (exact) mass is 383 g/mol. The van der Waals surface area contributed by atoms with Gasteiger partial charge in [0.1, 0.15) is 17.8 Å². The summed E-state index contributed by atoms with van der Waals surface area (Å²) in [6.45, 7) is 8.58. The molecule has 0 bridgehead atoms. The van der Waals surface area contributed by atoms with Crippen molar-refractivity contribution in [2.45, 2.75) is 26.4 Å². The summed E-state index contributed by atoms with van der Waals surface area (Å²) in [7, 11) is 0. The zero-order chi connectivity index (χ0) is 19.5. The van der Waals surface area contributed by atoms with Gasteiger partial charge in [-0.3, -0.25) is 9.69 Å². The number of hydrogen-bond donors (Lipinski definition) is 1. The van der Waals surface area contributed by atoms with Crippen molar-refractivity contribution in [1.82, 2.24) is 20.2 Å². The number of nitrogens with zero attached hydrogens (tertiary/aromatic N) is 4. The minimum atomic E-state index is -0.167. The number of anilines is 1. The fourth-order valence-corrected chi connectivity index (χ4v) is 3.41. The van der Waals surface area contributed by atoms with E-state index in [1.165, 1.54) is 11.9 Å². The summed E-state index contributed by atoms with van der Waals surface area (Å²) in [5.41, 5.74) is 1.62. The summed E-state index contributed by atoms with van der Waals surface area (Å²) in [5, 5.41) is 2.87. The van der Waals surface area contributed by atoms with Crippen molar-refractivity contribution < 1.29 is 14.3 Å². The van der Waals surface area contributed by atoms with Gasteiger partial charge in [-0.25, -0.2) is 9.97 Å². The molecule has 2 aliphatic rings. The fourth-order valence-electron chi connectivity index (χ4n) is 3.41. The summed E-state index contributed by atoms with van der Waals surface area (Å²) in [5.74, 6) is 2.27. The van der Waals surface area contributed by atoms with Gasteiger partial charge in [-0.15, -0.1) is 0 Å². The number of carbonyl (C=O) groups is 1. The first-order valence-electron chi connectivity index (χ1n) is 9.57. The second-order valence-corrected chi connectivity index (χ2v) is 7.34. The summed E-state index contributed by atoms with van der Waals surface area (Å²) >= 11 is 0. The van der Waals surface area contributed by atoms with E-state index in [-0.39, 0.29) is 11.9 Å². The van der Waals surface area contributed by atoms with E-state index in [2.05, 4.69) is 37.2 Å². The van der Waals surface area contributed by atoms with Crippen LogP contribution in [-0.2, 0) is 6.54 Å². The molecule has 1 aromatic carbocycles. The molecule has 2 aromatic rings. The predicted octanol–water partition coefficient (Wildman–Crippen LogP) is 1.67. The number of fused-ring (bicyclic) bond motifs is 1. The molecule has 0 saturated carbocycles. The Balaban J connectivity index is 1.34. The maximum absolute atomic E-state index is 12.2. The Hall–Kier alpha value is -2.87. The van der Waals surface area contributed by atoms with E-state index in [4.69, 9.17) is 9.47 Å². The number of amides is 1. The van der Waals surface area contributed by atoms with E-state index in [1.54, 1.807) is 6.07 Å². The van der Waals surface area contributed by atoms with Gasteiger partial charge in [0.05, 0.1) is 0 Å². The summed E-state index contributed by atoms with van der Waals surface area (Å²) in [6.07, 6.45) is 1.46. The largest absolute Gasteiger partial charge is 0.454 e. The van der Waals surface area contributed by atoms with Gasteiger partial charge in [0.25, 0.3) is 5.91 Å². The Bertz CT molecular complexity index is 849. The molecule has 0 atom stereocenters. The predicted molar refractivity (Wildman–Crippen MR) is 105 cm³/mol. The second kappa shape index (κ2) is 8.02. The Labute approximate surface area is 164 Å². The molecule has 1 saturated heterocycles. The lowest BCUT2D eigenvalue weighted by Gasteiger charge is -2.35. The summed E-state index contributed by atoms with van der Waals surface area (Å²) < 4.78 is 10.8. The Morgan fingerprint density at radius 3 is 2.68 bits per heavy atom. The molecule has 0 aliphatic carbocycles. The van der Waals surface area contributed by atoms with E-state index in [9.17, 15) is 4.79 Å². The SMILES string of the molecule is CC(C)NC(=O)c1cc(N2CCN(Cc3ccc4c(c3)OCO4)CC2)ncn1. The van der Waals surface area contributed by atoms with Crippen molar-refractivity contribution >= 4 is 11.7 Å². The average molecular weight is 383 g/mol. The second-order valence-electron chi connectivity index (χ2n) is 7.34. The third-order valence-corrected chi connectivity index (χ3v) is 4.84. The quantitative estimate of drug-likeness (QED) is 0.841. The molecule has 28 heavy (non-hydrogen) atoms. The van der Waals surface area contributed by atoms with Gasteiger partial charge < -0.3 is 19.7 Å². The number of rotatable bonds is 5. The maximum Gasteiger partial charge on any atom is 0.270 e. The van der Waals surface area contributed by atoms with E-state index in [1.807, 2.05) is 19.9 Å². The summed E-state index contributed by atoms with van der Waals surface area (Å²) in [6, 6.07) is 7.96. The third-order valence-electron chi connectivity index (χ3n) is 4.84. The van der Waals surface area contributed by atoms with Crippen LogP contribution in [0.4, 0.5) is 5.82 Å². The molecule has 8 heteroatoms. The van der Waals surface area contributed by atoms with Crippen LogP contribution in [0.25, 0.3) is 0 Å². The number of benzene rings is 1. The van der Waals surface area contributed by atoms with Gasteiger partial charge in [0.2, 0.25) is 6.79 Å². The first kappa shape index (κ1) is 18.5. The lowest BCUT2D eigenvalue weighted by atomic mass is 10.1. The number of aromatic nitrogens is 2. The first-order valence-corrected chi connectivity index (χ1v) is 9.57. The highest BCUT2D eigenvalue weighted by Gasteiger charge is 2.21. The molecule has 148 valence electrons. The highest BCUT2D eigenvalue weighted by Crippen LogP contribution is 2.32. The first-order chi connectivity index (χ1) is 13.6. The molecule has 8 nitrogen and oxygen atoms in total. The molecule has 1 N–H and O–H groups in total. The zero-order valence-electron chi connectivity index (χ0n) is 16.2. The Morgan fingerprint density at radius 1 is 1.11 bits per heavy atom. The molecule has 4 rings (SSSR count). The zero-order valence-corrected chi connectivity index (χ0v) is 16.2. The minimum absolute atomic E-state index is 0.0747. The molecule has 1 amide bonds. The van der Waals surface area contributed by atoms with E-state index in [0.29, 0.717) is 12.5 Å². The topological polar surface area (TPSA) is 79.8 Å². The Morgan fingerprint density at radius 2 is 1.89 bits per heavy atom. The number of nitrogens with one attached hydrogen (secondary N) is 1. The standard InChI is InChI=1S/C20H25N5O3/c1-14(2)23-20(26)16-10-19(22-12-21-16)25-7-5-24(6-8-25)11-15-3-4-17-18(9-15)28-13-27-17/h3-4,9-10,12,14H,5-8,11,13H2,1-2H3,(H,23,26). The van der Waals surface area contributed by atoms with Crippen LogP contribution in [0.3, 0.4) is 0 Å². The van der Waals surface area contributed by atoms with Gasteiger partial charge in [-0.05, 0) is 31.5 Å². The molecule has 2 aliphatic heterocycles. The lowest BCUT2D eigenvalue weighted by Crippen LogP contribution is -2.46. The van der Waals surface area contributed by atoms with Crippen molar-refractivity contribution in [3.63, 3.8) is 0 Å². The lowest BCUT2D eigenvalue weighted by molar-refractivity contribution is 0.0938. The smallest absolute Gasteiger partial charge is 0.270 e. The van der Waals surface area contributed by atoms with Crippen molar-refractivity contribution in [2.24, 2.45) is 0 Å². The van der Waals surface area contributed by atoms with Gasteiger partial charge in [0.15, 0.2) is 11.5 Å². The number of piperazine rings is 1. The van der Waals surface area contributed by atoms with Gasteiger partial charge in [-0.2, -0.15) is 0 Å². The molecular weight excluding hydrogens is 358 g/mol. The molecule has 0 spiro atoms. The molecule has 1 aromatic heterocycles. The number of carbonyl (C=O) groups excluding carboxylic acids is 1. The van der Waals surface area contributed by atoms with Crippen LogP contribution < -0.4 is 19.7 Å². The third kappa shape index (κ3) is 4.17. The van der Waals surface area contributed by atoms with Crippen LogP contribution in [0.1, 0.15) is 29.9 Å². The normalized spacial score (nSPS) is 16.5. The van der Waals surface area contributed by atoms with Crippen LogP contribution in [0.5, 0.6) is 11.5 Å². The van der Waals surface area contributed by atoms with Crippen LogP contribution >= 0.6 is 0 Å². The van der Waals surface area contributed by atoms with Gasteiger partial charge in [-0.1, -0.05) is 6.07 Å². The molecule has 3 heterocycles. The van der Waals surface area contributed by atoms with E-state index < -0.39 is 0 Å². The average Bonchev–Trinajstić information content (AvgIpc) is 3.16. The van der Waals surface area contributed by atoms with E-state index in [0.717, 1.165) is 50.0 Å². The maximum atomic E-state index is 12.2. The van der Waals surface area contributed by atoms with Crippen LogP contribution in [0, 0.1) is 0 Å². The summed E-state index contributed by atoms with van der Waals surface area (Å²) in [4.78, 5) is 25.2. The molecule has 0 radical (unpaired) electrons. The van der Waals surface area contributed by atoms with Crippen molar-refractivity contribution in [3.05, 3.63) is 41.9 Å².